The first-order valence-corrected chi connectivity index (χ1v) is 8.67. The maximum atomic E-state index is 12.3. The van der Waals surface area contributed by atoms with Gasteiger partial charge in [-0.2, -0.15) is 5.10 Å². The van der Waals surface area contributed by atoms with Gasteiger partial charge < -0.3 is 10.6 Å². The molecule has 1 aromatic carbocycles. The van der Waals surface area contributed by atoms with Crippen LogP contribution in [0.4, 0.5) is 5.69 Å². The minimum Gasteiger partial charge on any atom is -0.347 e. The Morgan fingerprint density at radius 1 is 1.12 bits per heavy atom. The third kappa shape index (κ3) is 2.18. The zero-order valence-corrected chi connectivity index (χ0v) is 13.7. The molecule has 1 heterocycles. The van der Waals surface area contributed by atoms with Gasteiger partial charge in [0.25, 0.3) is 0 Å². The van der Waals surface area contributed by atoms with Crippen molar-refractivity contribution in [2.45, 2.75) is 25.7 Å². The molecule has 25 heavy (non-hydrogen) atoms. The number of anilines is 1. The lowest BCUT2D eigenvalue weighted by Gasteiger charge is -2.08. The monoisotopic (exact) mass is 337 g/mol. The van der Waals surface area contributed by atoms with E-state index in [1.54, 1.807) is 23.1 Å². The van der Waals surface area contributed by atoms with Gasteiger partial charge in [-0.25, -0.2) is 9.67 Å². The molecule has 128 valence electrons. The Kier molecular flexibility index (Phi) is 2.87. The lowest BCUT2D eigenvalue weighted by molar-refractivity contribution is -0.125. The van der Waals surface area contributed by atoms with E-state index in [4.69, 9.17) is 0 Å². The second-order valence-electron chi connectivity index (χ2n) is 7.40. The Bertz CT molecular complexity index is 817. The minimum atomic E-state index is -0.211. The van der Waals surface area contributed by atoms with Crippen LogP contribution in [-0.2, 0) is 9.59 Å². The van der Waals surface area contributed by atoms with Crippen molar-refractivity contribution in [1.82, 2.24) is 20.1 Å². The Labute approximate surface area is 144 Å². The van der Waals surface area contributed by atoms with Crippen LogP contribution in [0.3, 0.4) is 0 Å². The van der Waals surface area contributed by atoms with Crippen LogP contribution in [-0.4, -0.2) is 33.1 Å². The summed E-state index contributed by atoms with van der Waals surface area (Å²) in [5.41, 5.74) is 2.20. The molecular weight excluding hydrogens is 318 g/mol. The molecule has 0 atom stereocenters. The molecule has 0 saturated heterocycles. The Morgan fingerprint density at radius 2 is 1.80 bits per heavy atom. The van der Waals surface area contributed by atoms with E-state index in [0.29, 0.717) is 16.5 Å². The molecule has 2 aromatic rings. The SMILES string of the molecule is O=C(CNC(=O)C1C2(CC2)C12CC2)Nc1ccc(-n2cncn2)cc1. The summed E-state index contributed by atoms with van der Waals surface area (Å²) in [4.78, 5) is 28.3. The molecule has 0 radical (unpaired) electrons. The van der Waals surface area contributed by atoms with Gasteiger partial charge in [-0.3, -0.25) is 9.59 Å². The number of hydrogen-bond acceptors (Lipinski definition) is 4. The van der Waals surface area contributed by atoms with Crippen molar-refractivity contribution < 1.29 is 9.59 Å². The fourth-order valence-electron chi connectivity index (χ4n) is 4.60. The van der Waals surface area contributed by atoms with Crippen molar-refractivity contribution in [2.75, 3.05) is 11.9 Å². The molecule has 0 unspecified atom stereocenters. The van der Waals surface area contributed by atoms with Crippen molar-refractivity contribution in [3.63, 3.8) is 0 Å². The largest absolute Gasteiger partial charge is 0.347 e. The van der Waals surface area contributed by atoms with E-state index in [9.17, 15) is 9.59 Å². The van der Waals surface area contributed by atoms with Crippen LogP contribution < -0.4 is 10.6 Å². The molecule has 3 saturated carbocycles. The van der Waals surface area contributed by atoms with Crippen LogP contribution in [0.2, 0.25) is 0 Å². The number of carbonyl (C=O) groups excluding carboxylic acids is 2. The molecular formula is C18H19N5O2. The highest BCUT2D eigenvalue weighted by Crippen LogP contribution is 2.92. The van der Waals surface area contributed by atoms with E-state index in [2.05, 4.69) is 20.7 Å². The summed E-state index contributed by atoms with van der Waals surface area (Å²) in [5.74, 6) is 0.0126. The number of rotatable bonds is 5. The van der Waals surface area contributed by atoms with Gasteiger partial charge in [-0.15, -0.1) is 0 Å². The van der Waals surface area contributed by atoms with Crippen LogP contribution >= 0.6 is 0 Å². The summed E-state index contributed by atoms with van der Waals surface area (Å²) >= 11 is 0. The summed E-state index contributed by atoms with van der Waals surface area (Å²) in [7, 11) is 0. The number of hydrogen-bond donors (Lipinski definition) is 2. The van der Waals surface area contributed by atoms with Crippen LogP contribution in [0.25, 0.3) is 5.69 Å². The van der Waals surface area contributed by atoms with Crippen LogP contribution in [0.5, 0.6) is 0 Å². The average Bonchev–Trinajstić information content (AvgIpc) is 3.58. The third-order valence-electron chi connectivity index (χ3n) is 6.11. The summed E-state index contributed by atoms with van der Waals surface area (Å²) in [6.45, 7) is 0.0202. The van der Waals surface area contributed by atoms with Gasteiger partial charge in [0, 0.05) is 5.69 Å². The maximum absolute atomic E-state index is 12.3. The van der Waals surface area contributed by atoms with Crippen LogP contribution in [0.1, 0.15) is 25.7 Å². The molecule has 7 heteroatoms. The number of nitrogens with one attached hydrogen (secondary N) is 2. The molecule has 3 aliphatic rings. The molecule has 7 nitrogen and oxygen atoms in total. The minimum absolute atomic E-state index is 0.0202. The number of amides is 2. The van der Waals surface area contributed by atoms with E-state index < -0.39 is 0 Å². The number of nitrogens with zero attached hydrogens (tertiary/aromatic N) is 3. The first-order chi connectivity index (χ1) is 12.1. The first-order valence-electron chi connectivity index (χ1n) is 8.67. The zero-order chi connectivity index (χ0) is 17.1. The lowest BCUT2D eigenvalue weighted by Crippen LogP contribution is -2.34. The molecule has 0 bridgehead atoms. The topological polar surface area (TPSA) is 88.9 Å². The van der Waals surface area contributed by atoms with Crippen molar-refractivity contribution in [3.05, 3.63) is 36.9 Å². The molecule has 2 N–H and O–H groups in total. The van der Waals surface area contributed by atoms with Crippen molar-refractivity contribution >= 4 is 17.5 Å². The molecule has 0 aliphatic heterocycles. The highest BCUT2D eigenvalue weighted by molar-refractivity contribution is 5.96. The number of carbonyl (C=O) groups is 2. The predicted octanol–water partition coefficient (Wildman–Crippen LogP) is 1.51. The van der Waals surface area contributed by atoms with E-state index in [1.807, 2.05) is 12.1 Å². The smallest absolute Gasteiger partial charge is 0.243 e. The second kappa shape index (κ2) is 4.91. The molecule has 1 aromatic heterocycles. The van der Waals surface area contributed by atoms with E-state index >= 15 is 0 Å². The maximum Gasteiger partial charge on any atom is 0.243 e. The first kappa shape index (κ1) is 14.6. The molecule has 3 fully saturated rings. The van der Waals surface area contributed by atoms with Gasteiger partial charge in [0.1, 0.15) is 12.7 Å². The van der Waals surface area contributed by atoms with Crippen LogP contribution in [0.15, 0.2) is 36.9 Å². The fourth-order valence-corrected chi connectivity index (χ4v) is 4.60. The van der Waals surface area contributed by atoms with Gasteiger partial charge in [0.2, 0.25) is 11.8 Å². The summed E-state index contributed by atoms with van der Waals surface area (Å²) in [6, 6.07) is 7.30. The van der Waals surface area contributed by atoms with E-state index in [0.717, 1.165) is 5.69 Å². The quantitative estimate of drug-likeness (QED) is 0.865. The normalized spacial score (nSPS) is 21.1. The van der Waals surface area contributed by atoms with Crippen molar-refractivity contribution in [2.24, 2.45) is 16.7 Å². The molecule has 3 aliphatic carbocycles. The van der Waals surface area contributed by atoms with Crippen molar-refractivity contribution in [3.8, 4) is 5.69 Å². The van der Waals surface area contributed by atoms with Gasteiger partial charge in [0.05, 0.1) is 18.2 Å². The highest BCUT2D eigenvalue weighted by atomic mass is 16.2. The lowest BCUT2D eigenvalue weighted by atomic mass is 10.2. The van der Waals surface area contributed by atoms with Crippen molar-refractivity contribution in [1.29, 1.82) is 0 Å². The van der Waals surface area contributed by atoms with E-state index in [-0.39, 0.29) is 24.3 Å². The second-order valence-corrected chi connectivity index (χ2v) is 7.40. The summed E-state index contributed by atoms with van der Waals surface area (Å²) < 4.78 is 1.64. The summed E-state index contributed by atoms with van der Waals surface area (Å²) in [5, 5.41) is 9.67. The van der Waals surface area contributed by atoms with Gasteiger partial charge in [-0.05, 0) is 60.8 Å². The summed E-state index contributed by atoms with van der Waals surface area (Å²) in [6.07, 6.45) is 7.84. The molecule has 2 amide bonds. The Morgan fingerprint density at radius 3 is 2.36 bits per heavy atom. The van der Waals surface area contributed by atoms with Gasteiger partial charge >= 0.3 is 0 Å². The number of aromatic nitrogens is 3. The number of fused-ring (bicyclic) bond motifs is 1. The number of benzene rings is 1. The van der Waals surface area contributed by atoms with Gasteiger partial charge in [-0.1, -0.05) is 0 Å². The zero-order valence-electron chi connectivity index (χ0n) is 13.7. The Hall–Kier alpha value is -2.70. The highest BCUT2D eigenvalue weighted by Gasteiger charge is 2.88. The standard InChI is InChI=1S/C18H19N5O2/c24-14(9-20-16(25)15-17(5-6-17)18(15)7-8-18)22-12-1-3-13(4-2-12)23-11-19-10-21-23/h1-4,10-11,15H,5-9H2,(H,20,25)(H,22,24). The molecule has 5 rings (SSSR count). The Balaban J connectivity index is 1.14. The third-order valence-corrected chi connectivity index (χ3v) is 6.11. The average molecular weight is 337 g/mol. The fraction of sp³-hybridized carbons (Fsp3) is 0.444. The van der Waals surface area contributed by atoms with E-state index in [1.165, 1.54) is 32.0 Å². The molecule has 2 spiro atoms. The van der Waals surface area contributed by atoms with Crippen LogP contribution in [0, 0.1) is 16.7 Å². The predicted molar refractivity (Wildman–Crippen MR) is 89.8 cm³/mol. The van der Waals surface area contributed by atoms with Gasteiger partial charge in [0.15, 0.2) is 0 Å².